The van der Waals surface area contributed by atoms with Gasteiger partial charge in [-0.2, -0.15) is 0 Å². The normalized spacial score (nSPS) is 14.0. The van der Waals surface area contributed by atoms with Gasteiger partial charge in [0, 0.05) is 25.7 Å². The van der Waals surface area contributed by atoms with Crippen LogP contribution in [0.4, 0.5) is 4.79 Å². The van der Waals surface area contributed by atoms with E-state index in [2.05, 4.69) is 20.9 Å². The van der Waals surface area contributed by atoms with Gasteiger partial charge in [0.1, 0.15) is 24.1 Å². The molecule has 158 valence electrons. The number of aromatic hydroxyl groups is 1. The third-order valence-corrected chi connectivity index (χ3v) is 3.84. The molecule has 0 bridgehead atoms. The van der Waals surface area contributed by atoms with Crippen molar-refractivity contribution in [1.82, 2.24) is 21.3 Å². The summed E-state index contributed by atoms with van der Waals surface area (Å²) in [4.78, 5) is 37.9. The van der Waals surface area contributed by atoms with E-state index in [1.165, 1.54) is 18.2 Å². The van der Waals surface area contributed by atoms with Gasteiger partial charge in [-0.1, -0.05) is 0 Å². The molecular formula is C17H23N5O7. The van der Waals surface area contributed by atoms with Crippen LogP contribution in [-0.4, -0.2) is 78.1 Å². The lowest BCUT2D eigenvalue weighted by atomic mass is 10.1. The predicted molar refractivity (Wildman–Crippen MR) is 101 cm³/mol. The molecule has 0 saturated heterocycles. The summed E-state index contributed by atoms with van der Waals surface area (Å²) < 4.78 is 5.50. The number of aliphatic carboxylic acids is 1. The molecule has 1 aromatic rings. The molecule has 0 spiro atoms. The van der Waals surface area contributed by atoms with Crippen molar-refractivity contribution < 1.29 is 34.4 Å². The molecule has 7 N–H and O–H groups in total. The zero-order valence-electron chi connectivity index (χ0n) is 15.5. The summed E-state index contributed by atoms with van der Waals surface area (Å²) in [5, 5.41) is 37.8. The molecule has 12 nitrogen and oxygen atoms in total. The number of ether oxygens (including phenoxy) is 1. The second kappa shape index (κ2) is 10.6. The summed E-state index contributed by atoms with van der Waals surface area (Å²) in [5.74, 6) is -1.49. The van der Waals surface area contributed by atoms with Crippen LogP contribution in [0.15, 0.2) is 23.2 Å². The molecular weight excluding hydrogens is 386 g/mol. The lowest BCUT2D eigenvalue weighted by Crippen LogP contribution is -2.48. The van der Waals surface area contributed by atoms with Crippen LogP contribution in [-0.2, 0) is 4.79 Å². The van der Waals surface area contributed by atoms with Crippen molar-refractivity contribution in [3.8, 4) is 11.5 Å². The Morgan fingerprint density at radius 1 is 1.28 bits per heavy atom. The van der Waals surface area contributed by atoms with Crippen LogP contribution in [0.2, 0.25) is 0 Å². The van der Waals surface area contributed by atoms with Gasteiger partial charge in [-0.05, 0) is 18.6 Å². The van der Waals surface area contributed by atoms with Crippen LogP contribution < -0.4 is 26.0 Å². The molecule has 0 fully saturated rings. The minimum Gasteiger partial charge on any atom is -0.507 e. The van der Waals surface area contributed by atoms with Gasteiger partial charge >= 0.3 is 12.1 Å². The first-order valence-electron chi connectivity index (χ1n) is 8.85. The number of guanidine groups is 1. The number of phenols is 1. The fraction of sp³-hybridized carbons (Fsp3) is 0.412. The number of carbonyl (C=O) groups excluding carboxylic acids is 1. The van der Waals surface area contributed by atoms with Gasteiger partial charge in [-0.25, -0.2) is 9.59 Å². The van der Waals surface area contributed by atoms with Crippen LogP contribution >= 0.6 is 0 Å². The smallest absolute Gasteiger partial charge is 0.405 e. The molecule has 29 heavy (non-hydrogen) atoms. The molecule has 1 heterocycles. The highest BCUT2D eigenvalue weighted by atomic mass is 16.5. The second-order valence-corrected chi connectivity index (χ2v) is 6.02. The van der Waals surface area contributed by atoms with Crippen LogP contribution in [0.1, 0.15) is 16.8 Å². The Morgan fingerprint density at radius 2 is 2.07 bits per heavy atom. The number of benzene rings is 1. The van der Waals surface area contributed by atoms with Crippen molar-refractivity contribution in [1.29, 1.82) is 0 Å². The first-order valence-corrected chi connectivity index (χ1v) is 8.85. The van der Waals surface area contributed by atoms with Crippen molar-refractivity contribution in [3.05, 3.63) is 23.8 Å². The molecule has 0 radical (unpaired) electrons. The van der Waals surface area contributed by atoms with E-state index in [-0.39, 0.29) is 11.3 Å². The molecule has 1 aliphatic heterocycles. The Bertz CT molecular complexity index is 783. The molecule has 1 unspecified atom stereocenters. The summed E-state index contributed by atoms with van der Waals surface area (Å²) in [5.41, 5.74) is -0.101. The van der Waals surface area contributed by atoms with Crippen LogP contribution in [0.3, 0.4) is 0 Å². The van der Waals surface area contributed by atoms with Gasteiger partial charge in [-0.15, -0.1) is 0 Å². The predicted octanol–water partition coefficient (Wildman–Crippen LogP) is -0.839. The molecule has 0 aromatic heterocycles. The number of rotatable bonds is 9. The number of nitrogens with one attached hydrogen (secondary N) is 4. The number of nitrogens with zero attached hydrogens (tertiary/aromatic N) is 1. The van der Waals surface area contributed by atoms with E-state index in [1.807, 2.05) is 0 Å². The van der Waals surface area contributed by atoms with E-state index >= 15 is 0 Å². The third kappa shape index (κ3) is 7.08. The summed E-state index contributed by atoms with van der Waals surface area (Å²) in [6.45, 7) is 1.94. The number of carbonyl (C=O) groups is 3. The Balaban J connectivity index is 1.82. The van der Waals surface area contributed by atoms with E-state index in [0.717, 1.165) is 19.5 Å². The monoisotopic (exact) mass is 409 g/mol. The number of hydrogen-bond donors (Lipinski definition) is 7. The topological polar surface area (TPSA) is 182 Å². The SMILES string of the molecule is O=C(O)NC(CNC(=O)c1ccc(OCCNC2=NCCCN2)cc1O)C(=O)O. The number of aliphatic imine (C=N–C) groups is 1. The van der Waals surface area contributed by atoms with E-state index in [4.69, 9.17) is 14.9 Å². The molecule has 0 saturated carbocycles. The standard InChI is InChI=1S/C17H23N5O7/c23-13-8-10(29-7-6-20-16-18-4-1-5-19-16)2-3-11(13)14(24)21-9-12(15(25)26)22-17(27)28/h2-3,8,12,22-23H,1,4-7,9H2,(H,21,24)(H,25,26)(H,27,28)(H2,18,19,20). The summed E-state index contributed by atoms with van der Waals surface area (Å²) in [6, 6.07) is 2.54. The second-order valence-electron chi connectivity index (χ2n) is 6.02. The number of hydrogen-bond acceptors (Lipinski definition) is 8. The van der Waals surface area contributed by atoms with Gasteiger partial charge in [0.2, 0.25) is 0 Å². The maximum absolute atomic E-state index is 12.1. The zero-order valence-corrected chi connectivity index (χ0v) is 15.5. The first-order chi connectivity index (χ1) is 13.9. The van der Waals surface area contributed by atoms with E-state index in [9.17, 15) is 19.5 Å². The lowest BCUT2D eigenvalue weighted by Gasteiger charge is -2.16. The number of carboxylic acid groups (broad SMARTS) is 2. The zero-order chi connectivity index (χ0) is 21.2. The van der Waals surface area contributed by atoms with Crippen LogP contribution in [0, 0.1) is 0 Å². The molecule has 1 aromatic carbocycles. The number of amides is 2. The molecule has 2 amide bonds. The third-order valence-electron chi connectivity index (χ3n) is 3.84. The quantitative estimate of drug-likeness (QED) is 0.256. The maximum atomic E-state index is 12.1. The van der Waals surface area contributed by atoms with E-state index in [0.29, 0.717) is 24.9 Å². The fourth-order valence-electron chi connectivity index (χ4n) is 2.42. The summed E-state index contributed by atoms with van der Waals surface area (Å²) in [6.07, 6.45) is -0.537. The van der Waals surface area contributed by atoms with E-state index in [1.54, 1.807) is 5.32 Å². The minimum absolute atomic E-state index is 0.101. The summed E-state index contributed by atoms with van der Waals surface area (Å²) >= 11 is 0. The van der Waals surface area contributed by atoms with Crippen molar-refractivity contribution in [2.45, 2.75) is 12.5 Å². The van der Waals surface area contributed by atoms with Crippen molar-refractivity contribution in [3.63, 3.8) is 0 Å². The average Bonchev–Trinajstić information content (AvgIpc) is 2.68. The Hall–Kier alpha value is -3.70. The van der Waals surface area contributed by atoms with Crippen molar-refractivity contribution in [2.24, 2.45) is 4.99 Å². The van der Waals surface area contributed by atoms with Crippen LogP contribution in [0.5, 0.6) is 11.5 Å². The van der Waals surface area contributed by atoms with Gasteiger partial charge in [0.15, 0.2) is 5.96 Å². The highest BCUT2D eigenvalue weighted by molar-refractivity contribution is 5.97. The highest BCUT2D eigenvalue weighted by Crippen LogP contribution is 2.23. The molecule has 2 rings (SSSR count). The minimum atomic E-state index is -1.53. The number of carboxylic acids is 1. The summed E-state index contributed by atoms with van der Waals surface area (Å²) in [7, 11) is 0. The Labute approximate surface area is 166 Å². The highest BCUT2D eigenvalue weighted by Gasteiger charge is 2.21. The van der Waals surface area contributed by atoms with Gasteiger partial charge in [0.25, 0.3) is 5.91 Å². The van der Waals surface area contributed by atoms with Gasteiger partial charge in [0.05, 0.1) is 12.1 Å². The fourth-order valence-corrected chi connectivity index (χ4v) is 2.42. The van der Waals surface area contributed by atoms with Crippen LogP contribution in [0.25, 0.3) is 0 Å². The maximum Gasteiger partial charge on any atom is 0.405 e. The Morgan fingerprint density at radius 3 is 2.69 bits per heavy atom. The van der Waals surface area contributed by atoms with Crippen molar-refractivity contribution in [2.75, 3.05) is 32.8 Å². The van der Waals surface area contributed by atoms with E-state index < -0.39 is 30.6 Å². The average molecular weight is 409 g/mol. The van der Waals surface area contributed by atoms with Crippen molar-refractivity contribution >= 4 is 23.9 Å². The van der Waals surface area contributed by atoms with Gasteiger partial charge < -0.3 is 41.3 Å². The molecule has 12 heteroatoms. The lowest BCUT2D eigenvalue weighted by molar-refractivity contribution is -0.139. The molecule has 1 atom stereocenters. The largest absolute Gasteiger partial charge is 0.507 e. The number of phenolic OH excluding ortho intramolecular Hbond substituents is 1. The Kier molecular flexibility index (Phi) is 7.88. The molecule has 1 aliphatic rings. The molecule has 0 aliphatic carbocycles. The van der Waals surface area contributed by atoms with Gasteiger partial charge in [-0.3, -0.25) is 9.79 Å². The first kappa shape index (κ1) is 21.6.